The van der Waals surface area contributed by atoms with Crippen LogP contribution in [-0.2, 0) is 0 Å². The molecule has 0 spiro atoms. The highest BCUT2D eigenvalue weighted by Crippen LogP contribution is 2.41. The molecule has 0 saturated heterocycles. The molecule has 4 aromatic rings. The third-order valence-corrected chi connectivity index (χ3v) is 6.01. The number of hydrogen-bond acceptors (Lipinski definition) is 9. The molecule has 1 aromatic heterocycles. The van der Waals surface area contributed by atoms with Crippen molar-refractivity contribution in [3.05, 3.63) is 99.1 Å². The first-order chi connectivity index (χ1) is 19.5. The largest absolute Gasteiger partial charge is 0.245 e. The van der Waals surface area contributed by atoms with Crippen LogP contribution in [0.4, 0.5) is 0 Å². The summed E-state index contributed by atoms with van der Waals surface area (Å²) in [6, 6.07) is 28.6. The van der Waals surface area contributed by atoms with Gasteiger partial charge in [-0.15, -0.1) is 0 Å². The van der Waals surface area contributed by atoms with Gasteiger partial charge in [-0.25, -0.2) is 4.98 Å². The van der Waals surface area contributed by atoms with Gasteiger partial charge in [-0.05, 0) is 36.4 Å². The van der Waals surface area contributed by atoms with Crippen LogP contribution < -0.4 is 0 Å². The molecule has 0 radical (unpaired) electrons. The summed E-state index contributed by atoms with van der Waals surface area (Å²) in [5, 5.41) is 78.2. The van der Waals surface area contributed by atoms with Crippen LogP contribution in [0, 0.1) is 90.6 Å². The minimum atomic E-state index is -0.130. The van der Waals surface area contributed by atoms with Crippen LogP contribution in [0.25, 0.3) is 33.6 Å². The van der Waals surface area contributed by atoms with E-state index < -0.39 is 0 Å². The number of nitrogens with zero attached hydrogens (tertiary/aromatic N) is 9. The zero-order valence-electron chi connectivity index (χ0n) is 20.2. The molecule has 178 valence electrons. The minimum Gasteiger partial charge on any atom is -0.245 e. The fraction of sp³-hybridized carbons (Fsp3) is 0. The summed E-state index contributed by atoms with van der Waals surface area (Å²) in [6.07, 6.45) is 0. The van der Waals surface area contributed by atoms with Crippen LogP contribution in [-0.4, -0.2) is 4.98 Å². The lowest BCUT2D eigenvalue weighted by atomic mass is 9.86. The SMILES string of the molecule is N#Cc1ccc(-c2nc(-c3ccc(C#N)cc3C#N)c(C#N)c(-c3ccc(C#N)cc3C#N)c2C#N)c(C#N)c1. The molecule has 9 nitrogen and oxygen atoms in total. The Morgan fingerprint density at radius 3 is 1.07 bits per heavy atom. The van der Waals surface area contributed by atoms with E-state index in [2.05, 4.69) is 17.1 Å². The molecule has 1 heterocycles. The Labute approximate surface area is 228 Å². The Morgan fingerprint density at radius 1 is 0.400 bits per heavy atom. The molecule has 0 aliphatic heterocycles. The van der Waals surface area contributed by atoms with E-state index in [0.717, 1.165) is 0 Å². The summed E-state index contributed by atoms with van der Waals surface area (Å²) in [5.41, 5.74) is 0.917. The summed E-state index contributed by atoms with van der Waals surface area (Å²) in [6.45, 7) is 0. The standard InChI is InChI=1S/C31H9N9/c32-10-18-1-4-24(21(7-18)13-35)29-27(16-38)30(25-5-2-19(11-33)8-22(25)14-36)40-31(28(29)17-39)26-6-3-20(12-34)9-23(26)15-37/h1-9H. The van der Waals surface area contributed by atoms with Crippen molar-refractivity contribution in [2.24, 2.45) is 0 Å². The zero-order chi connectivity index (χ0) is 28.8. The predicted molar refractivity (Wildman–Crippen MR) is 138 cm³/mol. The molecule has 0 aliphatic rings. The van der Waals surface area contributed by atoms with E-state index in [-0.39, 0.29) is 78.1 Å². The number of pyridine rings is 1. The highest BCUT2D eigenvalue weighted by Gasteiger charge is 2.27. The van der Waals surface area contributed by atoms with Crippen molar-refractivity contribution >= 4 is 0 Å². The fourth-order valence-electron chi connectivity index (χ4n) is 4.21. The number of rotatable bonds is 3. The van der Waals surface area contributed by atoms with Gasteiger partial charge in [-0.1, -0.05) is 18.2 Å². The lowest BCUT2D eigenvalue weighted by Crippen LogP contribution is -2.05. The fourth-order valence-corrected chi connectivity index (χ4v) is 4.21. The van der Waals surface area contributed by atoms with E-state index in [1.165, 1.54) is 54.6 Å². The van der Waals surface area contributed by atoms with Crippen LogP contribution in [0.3, 0.4) is 0 Å². The van der Waals surface area contributed by atoms with Crippen molar-refractivity contribution in [2.75, 3.05) is 0 Å². The number of aromatic nitrogens is 1. The van der Waals surface area contributed by atoms with E-state index in [0.29, 0.717) is 0 Å². The van der Waals surface area contributed by atoms with Crippen LogP contribution >= 0.6 is 0 Å². The van der Waals surface area contributed by atoms with Crippen LogP contribution in [0.1, 0.15) is 44.5 Å². The van der Waals surface area contributed by atoms with Crippen molar-refractivity contribution < 1.29 is 0 Å². The quantitative estimate of drug-likeness (QED) is 0.363. The highest BCUT2D eigenvalue weighted by atomic mass is 14.7. The third-order valence-electron chi connectivity index (χ3n) is 6.01. The summed E-state index contributed by atoms with van der Waals surface area (Å²) in [4.78, 5) is 4.61. The predicted octanol–water partition coefficient (Wildman–Crippen LogP) is 5.06. The average Bonchev–Trinajstić information content (AvgIpc) is 3.02. The van der Waals surface area contributed by atoms with E-state index in [1.807, 2.05) is 36.4 Å². The summed E-state index contributed by atoms with van der Waals surface area (Å²) < 4.78 is 0. The van der Waals surface area contributed by atoms with Crippen molar-refractivity contribution in [1.82, 2.24) is 4.98 Å². The second-order valence-corrected chi connectivity index (χ2v) is 8.11. The third kappa shape index (κ3) is 4.27. The topological polar surface area (TPSA) is 203 Å². The van der Waals surface area contributed by atoms with E-state index in [1.54, 1.807) is 0 Å². The van der Waals surface area contributed by atoms with Crippen molar-refractivity contribution in [3.8, 4) is 82.2 Å². The van der Waals surface area contributed by atoms with Crippen LogP contribution in [0.15, 0.2) is 54.6 Å². The molecular weight excluding hydrogens is 498 g/mol. The summed E-state index contributed by atoms with van der Waals surface area (Å²) in [5.74, 6) is 0. The van der Waals surface area contributed by atoms with Gasteiger partial charge < -0.3 is 0 Å². The first-order valence-corrected chi connectivity index (χ1v) is 11.2. The molecule has 0 amide bonds. The lowest BCUT2D eigenvalue weighted by molar-refractivity contribution is 1.26. The summed E-state index contributed by atoms with van der Waals surface area (Å²) in [7, 11) is 0. The molecule has 0 unspecified atom stereocenters. The van der Waals surface area contributed by atoms with Gasteiger partial charge in [0.15, 0.2) is 0 Å². The lowest BCUT2D eigenvalue weighted by Gasteiger charge is -2.18. The zero-order valence-corrected chi connectivity index (χ0v) is 20.2. The molecule has 0 N–H and O–H groups in total. The molecule has 40 heavy (non-hydrogen) atoms. The van der Waals surface area contributed by atoms with Gasteiger partial charge in [0.25, 0.3) is 0 Å². The smallest absolute Gasteiger partial charge is 0.102 e. The molecule has 0 saturated carbocycles. The second kappa shape index (κ2) is 10.8. The first kappa shape index (κ1) is 25.8. The first-order valence-electron chi connectivity index (χ1n) is 11.2. The van der Waals surface area contributed by atoms with Gasteiger partial charge in [-0.2, -0.15) is 42.1 Å². The monoisotopic (exact) mass is 507 g/mol. The maximum Gasteiger partial charge on any atom is 0.102 e. The van der Waals surface area contributed by atoms with Crippen LogP contribution in [0.5, 0.6) is 0 Å². The van der Waals surface area contributed by atoms with Gasteiger partial charge in [0, 0.05) is 22.3 Å². The van der Waals surface area contributed by atoms with Crippen molar-refractivity contribution in [1.29, 1.82) is 42.1 Å². The Bertz CT molecular complexity index is 1990. The number of nitriles is 8. The molecule has 0 bridgehead atoms. The summed E-state index contributed by atoms with van der Waals surface area (Å²) >= 11 is 0. The molecule has 4 rings (SSSR count). The number of benzene rings is 3. The van der Waals surface area contributed by atoms with E-state index in [4.69, 9.17) is 0 Å². The Hall–Kier alpha value is -7.27. The Morgan fingerprint density at radius 2 is 0.750 bits per heavy atom. The molecular formula is C31H9N9. The Balaban J connectivity index is 2.28. The Kier molecular flexibility index (Phi) is 6.95. The molecule has 0 aliphatic carbocycles. The van der Waals surface area contributed by atoms with Gasteiger partial charge in [0.05, 0.1) is 92.3 Å². The molecule has 9 heteroatoms. The van der Waals surface area contributed by atoms with E-state index >= 15 is 0 Å². The van der Waals surface area contributed by atoms with E-state index in [9.17, 15) is 42.1 Å². The highest BCUT2D eigenvalue weighted by molar-refractivity contribution is 5.92. The maximum absolute atomic E-state index is 10.3. The second-order valence-electron chi connectivity index (χ2n) is 8.11. The average molecular weight is 507 g/mol. The van der Waals surface area contributed by atoms with Gasteiger partial charge >= 0.3 is 0 Å². The van der Waals surface area contributed by atoms with Gasteiger partial charge in [-0.3, -0.25) is 0 Å². The number of hydrogen-bond donors (Lipinski definition) is 0. The maximum atomic E-state index is 10.3. The molecule has 3 aromatic carbocycles. The van der Waals surface area contributed by atoms with Crippen molar-refractivity contribution in [2.45, 2.75) is 0 Å². The van der Waals surface area contributed by atoms with Crippen LogP contribution in [0.2, 0.25) is 0 Å². The molecule has 0 fully saturated rings. The normalized spacial score (nSPS) is 9.30. The van der Waals surface area contributed by atoms with Gasteiger partial charge in [0.1, 0.15) is 12.1 Å². The van der Waals surface area contributed by atoms with Gasteiger partial charge in [0.2, 0.25) is 0 Å². The molecule has 0 atom stereocenters. The van der Waals surface area contributed by atoms with Crippen molar-refractivity contribution in [3.63, 3.8) is 0 Å². The minimum absolute atomic E-state index is 0.0100.